The fraction of sp³-hybridized carbons (Fsp3) is 1.00. The second-order valence-corrected chi connectivity index (χ2v) is 6.73. The van der Waals surface area contributed by atoms with Crippen LogP contribution in [-0.2, 0) is 9.47 Å². The number of hydrogen-bond acceptors (Lipinski definition) is 3. The summed E-state index contributed by atoms with van der Waals surface area (Å²) in [4.78, 5) is 0. The van der Waals surface area contributed by atoms with Gasteiger partial charge in [-0.15, -0.1) is 0 Å². The molecule has 3 nitrogen and oxygen atoms in total. The van der Waals surface area contributed by atoms with Gasteiger partial charge in [0.25, 0.3) is 0 Å². The first kappa shape index (κ1) is 14.3. The second kappa shape index (κ2) is 5.48. The topological polar surface area (TPSA) is 38.7 Å². The monoisotopic (exact) mass is 256 g/mol. The van der Waals surface area contributed by atoms with Crippen LogP contribution in [0.1, 0.15) is 58.8 Å². The van der Waals surface area contributed by atoms with E-state index in [0.717, 1.165) is 19.4 Å². The Bertz CT molecular complexity index is 269. The van der Waals surface area contributed by atoms with Gasteiger partial charge < -0.3 is 14.6 Å². The van der Waals surface area contributed by atoms with Crippen LogP contribution in [0, 0.1) is 5.92 Å². The molecule has 2 atom stereocenters. The third-order valence-corrected chi connectivity index (χ3v) is 4.84. The molecular weight excluding hydrogens is 228 g/mol. The molecule has 2 rings (SSSR count). The number of aliphatic hydroxyl groups is 1. The maximum atomic E-state index is 10.4. The van der Waals surface area contributed by atoms with Crippen LogP contribution in [0.5, 0.6) is 0 Å². The Hall–Kier alpha value is -0.120. The van der Waals surface area contributed by atoms with E-state index in [4.69, 9.17) is 9.47 Å². The highest BCUT2D eigenvalue weighted by Crippen LogP contribution is 2.43. The maximum absolute atomic E-state index is 10.4. The van der Waals surface area contributed by atoms with Crippen molar-refractivity contribution in [1.82, 2.24) is 0 Å². The Morgan fingerprint density at radius 1 is 1.39 bits per heavy atom. The normalized spacial score (nSPS) is 29.7. The highest BCUT2D eigenvalue weighted by atomic mass is 16.5. The molecule has 106 valence electrons. The lowest BCUT2D eigenvalue weighted by atomic mass is 9.79. The summed E-state index contributed by atoms with van der Waals surface area (Å²) in [7, 11) is 1.72. The summed E-state index contributed by atoms with van der Waals surface area (Å²) in [6.07, 6.45) is 7.41. The molecule has 1 aliphatic carbocycles. The van der Waals surface area contributed by atoms with Crippen molar-refractivity contribution in [3.05, 3.63) is 0 Å². The van der Waals surface area contributed by atoms with Gasteiger partial charge in [-0.05, 0) is 45.4 Å². The van der Waals surface area contributed by atoms with E-state index in [1.807, 2.05) is 13.8 Å². The highest BCUT2D eigenvalue weighted by Gasteiger charge is 2.42. The van der Waals surface area contributed by atoms with E-state index in [-0.39, 0.29) is 17.3 Å². The highest BCUT2D eigenvalue weighted by molar-refractivity contribution is 4.93. The Kier molecular flexibility index (Phi) is 4.35. The van der Waals surface area contributed by atoms with E-state index in [1.54, 1.807) is 7.11 Å². The average Bonchev–Trinajstić information content (AvgIpc) is 2.77. The SMILES string of the molecule is COC(C)(C)CC(O)C1CCOC2(CCCC2)C1. The summed E-state index contributed by atoms with van der Waals surface area (Å²) in [5.74, 6) is 0.381. The number of rotatable bonds is 4. The van der Waals surface area contributed by atoms with Gasteiger partial charge in [0, 0.05) is 20.1 Å². The van der Waals surface area contributed by atoms with E-state index in [1.165, 1.54) is 25.7 Å². The van der Waals surface area contributed by atoms with Crippen LogP contribution in [0.2, 0.25) is 0 Å². The van der Waals surface area contributed by atoms with Crippen LogP contribution >= 0.6 is 0 Å². The molecule has 1 spiro atoms. The average molecular weight is 256 g/mol. The summed E-state index contributed by atoms with van der Waals surface area (Å²) in [6.45, 7) is 4.90. The summed E-state index contributed by atoms with van der Waals surface area (Å²) < 4.78 is 11.4. The van der Waals surface area contributed by atoms with Gasteiger partial charge in [-0.3, -0.25) is 0 Å². The molecule has 1 aliphatic heterocycles. The number of aliphatic hydroxyl groups excluding tert-OH is 1. The molecule has 0 radical (unpaired) electrons. The van der Waals surface area contributed by atoms with Crippen LogP contribution in [0.15, 0.2) is 0 Å². The smallest absolute Gasteiger partial charge is 0.0686 e. The molecule has 1 heterocycles. The first-order valence-corrected chi connectivity index (χ1v) is 7.34. The molecule has 1 N–H and O–H groups in total. The zero-order valence-electron chi connectivity index (χ0n) is 12.1. The Labute approximate surface area is 111 Å². The van der Waals surface area contributed by atoms with Crippen LogP contribution in [0.4, 0.5) is 0 Å². The van der Waals surface area contributed by atoms with E-state index in [2.05, 4.69) is 0 Å². The van der Waals surface area contributed by atoms with Crippen LogP contribution in [0.3, 0.4) is 0 Å². The summed E-state index contributed by atoms with van der Waals surface area (Å²) in [5.41, 5.74) is -0.137. The molecule has 0 amide bonds. The van der Waals surface area contributed by atoms with Crippen molar-refractivity contribution in [2.75, 3.05) is 13.7 Å². The van der Waals surface area contributed by atoms with Gasteiger partial charge in [0.1, 0.15) is 0 Å². The van der Waals surface area contributed by atoms with Gasteiger partial charge in [-0.1, -0.05) is 12.8 Å². The van der Waals surface area contributed by atoms with Gasteiger partial charge in [-0.2, -0.15) is 0 Å². The van der Waals surface area contributed by atoms with Crippen LogP contribution in [-0.4, -0.2) is 36.1 Å². The first-order valence-electron chi connectivity index (χ1n) is 7.34. The molecule has 2 fully saturated rings. The lowest BCUT2D eigenvalue weighted by Gasteiger charge is -2.41. The summed E-state index contributed by atoms with van der Waals surface area (Å²) in [5, 5.41) is 10.4. The molecule has 0 aromatic rings. The van der Waals surface area contributed by atoms with Gasteiger partial charge in [0.15, 0.2) is 0 Å². The third-order valence-electron chi connectivity index (χ3n) is 4.84. The molecule has 3 heteroatoms. The minimum atomic E-state index is -0.263. The van der Waals surface area contributed by atoms with Crippen molar-refractivity contribution in [2.45, 2.75) is 76.1 Å². The molecule has 2 unspecified atom stereocenters. The molecule has 1 saturated heterocycles. The van der Waals surface area contributed by atoms with Crippen LogP contribution < -0.4 is 0 Å². The van der Waals surface area contributed by atoms with Crippen molar-refractivity contribution in [1.29, 1.82) is 0 Å². The van der Waals surface area contributed by atoms with Gasteiger partial charge >= 0.3 is 0 Å². The largest absolute Gasteiger partial charge is 0.393 e. The minimum Gasteiger partial charge on any atom is -0.393 e. The van der Waals surface area contributed by atoms with Gasteiger partial charge in [0.05, 0.1) is 17.3 Å². The fourth-order valence-electron chi connectivity index (χ4n) is 3.52. The zero-order chi connectivity index (χ0) is 13.2. The number of hydrogen-bond donors (Lipinski definition) is 1. The molecule has 0 aromatic heterocycles. The van der Waals surface area contributed by atoms with Gasteiger partial charge in [0.2, 0.25) is 0 Å². The summed E-state index contributed by atoms with van der Waals surface area (Å²) >= 11 is 0. The quantitative estimate of drug-likeness (QED) is 0.840. The number of ether oxygens (including phenoxy) is 2. The predicted octanol–water partition coefficient (Wildman–Crippen LogP) is 2.90. The third kappa shape index (κ3) is 3.25. The van der Waals surface area contributed by atoms with E-state index < -0.39 is 0 Å². The van der Waals surface area contributed by atoms with E-state index >= 15 is 0 Å². The zero-order valence-corrected chi connectivity index (χ0v) is 12.1. The van der Waals surface area contributed by atoms with Crippen molar-refractivity contribution < 1.29 is 14.6 Å². The lowest BCUT2D eigenvalue weighted by molar-refractivity contribution is -0.122. The van der Waals surface area contributed by atoms with Gasteiger partial charge in [-0.25, -0.2) is 0 Å². The Morgan fingerprint density at radius 3 is 2.67 bits per heavy atom. The molecule has 2 aliphatic rings. The van der Waals surface area contributed by atoms with Crippen molar-refractivity contribution in [3.8, 4) is 0 Å². The first-order chi connectivity index (χ1) is 8.46. The molecule has 18 heavy (non-hydrogen) atoms. The van der Waals surface area contributed by atoms with E-state index in [0.29, 0.717) is 12.3 Å². The van der Waals surface area contributed by atoms with Crippen molar-refractivity contribution >= 4 is 0 Å². The predicted molar refractivity (Wildman–Crippen MR) is 71.6 cm³/mol. The van der Waals surface area contributed by atoms with Crippen molar-refractivity contribution in [3.63, 3.8) is 0 Å². The van der Waals surface area contributed by atoms with E-state index in [9.17, 15) is 5.11 Å². The maximum Gasteiger partial charge on any atom is 0.0686 e. The molecular formula is C15H28O3. The van der Waals surface area contributed by atoms with Crippen molar-refractivity contribution in [2.24, 2.45) is 5.92 Å². The molecule has 1 saturated carbocycles. The Balaban J connectivity index is 1.92. The number of methoxy groups -OCH3 is 1. The Morgan fingerprint density at radius 2 is 2.06 bits per heavy atom. The fourth-order valence-corrected chi connectivity index (χ4v) is 3.52. The standard InChI is InChI=1S/C15H28O3/c1-14(2,17-3)11-13(16)12-6-9-18-15(10-12)7-4-5-8-15/h12-13,16H,4-11H2,1-3H3. The van der Waals surface area contributed by atoms with Crippen LogP contribution in [0.25, 0.3) is 0 Å². The minimum absolute atomic E-state index is 0.0983. The lowest BCUT2D eigenvalue weighted by Crippen LogP contribution is -2.43. The molecule has 0 aromatic carbocycles. The second-order valence-electron chi connectivity index (χ2n) is 6.73. The summed E-state index contributed by atoms with van der Waals surface area (Å²) in [6, 6.07) is 0. The molecule has 0 bridgehead atoms.